The number of rotatable bonds is 1. The maximum atomic E-state index is 4.45. The third-order valence-electron chi connectivity index (χ3n) is 5.06. The van der Waals surface area contributed by atoms with Crippen molar-refractivity contribution in [3.05, 3.63) is 16.0 Å². The van der Waals surface area contributed by atoms with E-state index in [1.165, 1.54) is 29.8 Å². The molecule has 0 saturated carbocycles. The Labute approximate surface area is 143 Å². The zero-order chi connectivity index (χ0) is 15.7. The highest BCUT2D eigenvalue weighted by Crippen LogP contribution is 2.50. The minimum absolute atomic E-state index is 0.159. The van der Waals surface area contributed by atoms with Crippen LogP contribution >= 0.6 is 23.1 Å². The average Bonchev–Trinajstić information content (AvgIpc) is 3.19. The number of thioether (sulfide) groups is 1. The van der Waals surface area contributed by atoms with Crippen molar-refractivity contribution in [2.24, 2.45) is 0 Å². The number of fused-ring (bicyclic) bond motifs is 8. The number of thiophene rings is 1. The molecule has 0 aromatic carbocycles. The van der Waals surface area contributed by atoms with Crippen LogP contribution in [0.3, 0.4) is 0 Å². The summed E-state index contributed by atoms with van der Waals surface area (Å²) in [6.45, 7) is 4.52. The van der Waals surface area contributed by atoms with E-state index in [9.17, 15) is 0 Å². The lowest BCUT2D eigenvalue weighted by molar-refractivity contribution is 0.541. The molecule has 2 aliphatic heterocycles. The van der Waals surface area contributed by atoms with E-state index >= 15 is 0 Å². The molecular weight excluding hydrogens is 328 g/mol. The molecule has 2 aromatic rings. The van der Waals surface area contributed by atoms with E-state index in [0.29, 0.717) is 5.92 Å². The summed E-state index contributed by atoms with van der Waals surface area (Å²) in [6, 6.07) is 0. The summed E-state index contributed by atoms with van der Waals surface area (Å²) in [6.07, 6.45) is 6.25. The Hall–Kier alpha value is -1.09. The zero-order valence-corrected chi connectivity index (χ0v) is 15.1. The molecule has 5 rings (SSSR count). The highest BCUT2D eigenvalue weighted by molar-refractivity contribution is 7.98. The van der Waals surface area contributed by atoms with Gasteiger partial charge in [0.05, 0.1) is 6.17 Å². The second-order valence-electron chi connectivity index (χ2n) is 6.56. The van der Waals surface area contributed by atoms with Gasteiger partial charge < -0.3 is 0 Å². The molecule has 1 saturated heterocycles. The van der Waals surface area contributed by atoms with Gasteiger partial charge in [0.2, 0.25) is 5.95 Å². The second-order valence-corrected chi connectivity index (χ2v) is 8.42. The largest absolute Gasteiger partial charge is 0.276 e. The maximum absolute atomic E-state index is 4.45. The number of aryl methyl sites for hydroxylation is 1. The first-order valence-corrected chi connectivity index (χ1v) is 10.2. The summed E-state index contributed by atoms with van der Waals surface area (Å²) < 4.78 is 2.24. The van der Waals surface area contributed by atoms with Crippen molar-refractivity contribution in [3.63, 3.8) is 0 Å². The molecule has 8 heteroatoms. The smallest absolute Gasteiger partial charge is 0.249 e. The normalized spacial score (nSPS) is 28.3. The van der Waals surface area contributed by atoms with Crippen LogP contribution in [0.1, 0.15) is 54.8 Å². The van der Waals surface area contributed by atoms with E-state index in [0.717, 1.165) is 11.1 Å². The maximum Gasteiger partial charge on any atom is 0.249 e. The monoisotopic (exact) mass is 348 g/mol. The van der Waals surface area contributed by atoms with Crippen molar-refractivity contribution >= 4 is 29.0 Å². The van der Waals surface area contributed by atoms with Crippen LogP contribution in [0, 0.1) is 0 Å². The van der Waals surface area contributed by atoms with Crippen molar-refractivity contribution in [2.75, 3.05) is 11.3 Å². The lowest BCUT2D eigenvalue weighted by Gasteiger charge is -2.32. The highest BCUT2D eigenvalue weighted by atomic mass is 32.2. The van der Waals surface area contributed by atoms with Crippen LogP contribution in [-0.2, 0) is 6.42 Å². The predicted octanol–water partition coefficient (Wildman–Crippen LogP) is 2.76. The Bertz CT molecular complexity index is 781. The van der Waals surface area contributed by atoms with Gasteiger partial charge in [-0.15, -0.1) is 21.5 Å². The van der Waals surface area contributed by atoms with Crippen molar-refractivity contribution in [3.8, 4) is 5.00 Å². The van der Waals surface area contributed by atoms with Crippen LogP contribution < -0.4 is 15.8 Å². The quantitative estimate of drug-likeness (QED) is 0.773. The number of nitrogens with one attached hydrogen (secondary N) is 2. The fourth-order valence-electron chi connectivity index (χ4n) is 4.11. The highest BCUT2D eigenvalue weighted by Gasteiger charge is 2.44. The fraction of sp³-hybridized carbons (Fsp3) is 0.600. The summed E-state index contributed by atoms with van der Waals surface area (Å²) in [5.74, 6) is 1.53. The van der Waals surface area contributed by atoms with Gasteiger partial charge in [0, 0.05) is 10.4 Å². The Kier molecular flexibility index (Phi) is 3.07. The molecule has 1 fully saturated rings. The van der Waals surface area contributed by atoms with E-state index in [2.05, 4.69) is 50.6 Å². The van der Waals surface area contributed by atoms with Gasteiger partial charge in [-0.3, -0.25) is 10.3 Å². The fourth-order valence-corrected chi connectivity index (χ4v) is 6.13. The van der Waals surface area contributed by atoms with Crippen LogP contribution in [0.15, 0.2) is 5.16 Å². The average molecular weight is 349 g/mol. The first kappa shape index (κ1) is 14.3. The van der Waals surface area contributed by atoms with Gasteiger partial charge in [0.15, 0.2) is 5.16 Å². The first-order valence-electron chi connectivity index (χ1n) is 8.15. The zero-order valence-electron chi connectivity index (χ0n) is 13.5. The van der Waals surface area contributed by atoms with Crippen molar-refractivity contribution < 1.29 is 0 Å². The molecule has 0 amide bonds. The lowest BCUT2D eigenvalue weighted by atomic mass is 9.85. The lowest BCUT2D eigenvalue weighted by Crippen LogP contribution is -2.40. The van der Waals surface area contributed by atoms with Gasteiger partial charge in [0.1, 0.15) is 11.2 Å². The van der Waals surface area contributed by atoms with E-state index in [1.54, 1.807) is 22.2 Å². The second kappa shape index (κ2) is 4.95. The van der Waals surface area contributed by atoms with E-state index in [1.807, 2.05) is 11.3 Å². The molecule has 6 nitrogen and oxygen atoms in total. The van der Waals surface area contributed by atoms with Gasteiger partial charge in [-0.1, -0.05) is 18.7 Å². The molecule has 0 spiro atoms. The molecule has 2 N–H and O–H groups in total. The minimum atomic E-state index is 0.159. The number of nitrogens with zero attached hydrogens (tertiary/aromatic N) is 4. The molecule has 23 heavy (non-hydrogen) atoms. The van der Waals surface area contributed by atoms with Gasteiger partial charge in [0.25, 0.3) is 0 Å². The van der Waals surface area contributed by atoms with Gasteiger partial charge in [-0.2, -0.15) is 0 Å². The van der Waals surface area contributed by atoms with Gasteiger partial charge in [-0.25, -0.2) is 9.99 Å². The molecule has 2 aromatic heterocycles. The van der Waals surface area contributed by atoms with Crippen molar-refractivity contribution in [1.29, 1.82) is 0 Å². The summed E-state index contributed by atoms with van der Waals surface area (Å²) >= 11 is 3.60. The summed E-state index contributed by atoms with van der Waals surface area (Å²) in [7, 11) is 0. The molecule has 2 unspecified atom stereocenters. The van der Waals surface area contributed by atoms with Crippen LogP contribution in [0.5, 0.6) is 0 Å². The van der Waals surface area contributed by atoms with E-state index < -0.39 is 0 Å². The van der Waals surface area contributed by atoms with Gasteiger partial charge >= 0.3 is 0 Å². The number of aromatic nitrogens is 3. The van der Waals surface area contributed by atoms with Gasteiger partial charge in [-0.05, 0) is 43.9 Å². The Balaban J connectivity index is 1.80. The van der Waals surface area contributed by atoms with Crippen LogP contribution in [0.25, 0.3) is 5.00 Å². The van der Waals surface area contributed by atoms with Crippen molar-refractivity contribution in [2.45, 2.75) is 56.5 Å². The standard InChI is InChI=1S/C15H20N6S2/c1-7-5-4-6-9-10(7)11-12-16-8(2)19-21(12)14-17-18-15(22-3)20(14)13(11)23-9/h7-8,12,16,19H,4-6H2,1-3H3/t7-,8?,12?/m0/s1. The summed E-state index contributed by atoms with van der Waals surface area (Å²) in [4.78, 5) is 1.56. The number of anilines is 1. The Morgan fingerprint density at radius 3 is 2.96 bits per heavy atom. The predicted molar refractivity (Wildman–Crippen MR) is 93.3 cm³/mol. The number of hydrazine groups is 1. The first-order chi connectivity index (χ1) is 11.2. The molecule has 4 heterocycles. The molecule has 0 bridgehead atoms. The minimum Gasteiger partial charge on any atom is -0.276 e. The third kappa shape index (κ3) is 1.83. The number of hydrogen-bond acceptors (Lipinski definition) is 7. The molecule has 0 radical (unpaired) electrons. The molecule has 3 aliphatic rings. The van der Waals surface area contributed by atoms with Crippen molar-refractivity contribution in [1.82, 2.24) is 25.5 Å². The molecule has 1 aliphatic carbocycles. The van der Waals surface area contributed by atoms with Crippen LogP contribution in [0.2, 0.25) is 0 Å². The number of hydrogen-bond donors (Lipinski definition) is 2. The Morgan fingerprint density at radius 2 is 2.13 bits per heavy atom. The summed E-state index contributed by atoms with van der Waals surface area (Å²) in [5, 5.41) is 17.0. The summed E-state index contributed by atoms with van der Waals surface area (Å²) in [5.41, 5.74) is 6.51. The molecular formula is C15H20N6S2. The van der Waals surface area contributed by atoms with Crippen LogP contribution in [0.4, 0.5) is 5.95 Å². The molecule has 3 atom stereocenters. The topological polar surface area (TPSA) is 58.0 Å². The van der Waals surface area contributed by atoms with Crippen LogP contribution in [-0.4, -0.2) is 27.2 Å². The Morgan fingerprint density at radius 1 is 1.26 bits per heavy atom. The molecule has 122 valence electrons. The third-order valence-corrected chi connectivity index (χ3v) is 6.96. The van der Waals surface area contributed by atoms with E-state index in [4.69, 9.17) is 0 Å². The van der Waals surface area contributed by atoms with E-state index in [-0.39, 0.29) is 12.3 Å². The SMILES string of the molecule is CSc1nnc2n1-c1sc3c(c1C1NC(C)NN21)[C@@H](C)CCC3.